The number of carbonyl (C=O) groups excluding carboxylic acids is 1. The molecule has 0 aromatic carbocycles. The summed E-state index contributed by atoms with van der Waals surface area (Å²) in [5.74, 6) is -2.57. The molecule has 1 aliphatic carbocycles. The number of hydrogen-bond acceptors (Lipinski definition) is 2. The summed E-state index contributed by atoms with van der Waals surface area (Å²) < 4.78 is 26.3. The van der Waals surface area contributed by atoms with Crippen molar-refractivity contribution in [3.63, 3.8) is 0 Å². The Balaban J connectivity index is 2.60. The van der Waals surface area contributed by atoms with Crippen molar-refractivity contribution < 1.29 is 13.6 Å². The van der Waals surface area contributed by atoms with Crippen molar-refractivity contribution in [2.75, 3.05) is 13.1 Å². The molecule has 1 aliphatic rings. The number of nitrogens with zero attached hydrogens (tertiary/aromatic N) is 1. The van der Waals surface area contributed by atoms with Crippen LogP contribution in [0, 0.1) is 11.8 Å². The van der Waals surface area contributed by atoms with Gasteiger partial charge in [-0.1, -0.05) is 26.1 Å². The second-order valence-electron chi connectivity index (χ2n) is 6.02. The molecule has 0 aromatic heterocycles. The molecule has 0 bridgehead atoms. The normalized spacial score (nSPS) is 19.1. The molecule has 1 rings (SSSR count). The van der Waals surface area contributed by atoms with Crippen molar-refractivity contribution in [2.24, 2.45) is 17.6 Å². The van der Waals surface area contributed by atoms with Crippen LogP contribution in [-0.4, -0.2) is 34.8 Å². The third kappa shape index (κ3) is 5.69. The summed E-state index contributed by atoms with van der Waals surface area (Å²) in [5, 5.41) is 0. The first-order valence-corrected chi connectivity index (χ1v) is 7.57. The number of alkyl halides is 2. The molecule has 0 heterocycles. The Hall–Kier alpha value is -0.780. The molecule has 0 aliphatic heterocycles. The fourth-order valence-electron chi connectivity index (χ4n) is 2.52. The predicted molar refractivity (Wildman–Crippen MR) is 79.7 cm³/mol. The molecule has 2 N–H and O–H groups in total. The molecule has 20 heavy (non-hydrogen) atoms. The van der Waals surface area contributed by atoms with Gasteiger partial charge in [-0.2, -0.15) is 0 Å². The second kappa shape index (κ2) is 7.29. The van der Waals surface area contributed by atoms with Crippen LogP contribution in [0.15, 0.2) is 0 Å². The van der Waals surface area contributed by atoms with Gasteiger partial charge in [0.1, 0.15) is 0 Å². The Bertz CT molecular complexity index is 351. The van der Waals surface area contributed by atoms with Crippen molar-refractivity contribution >= 4 is 23.1 Å². The minimum Gasteiger partial charge on any atom is -0.393 e. The Kier molecular flexibility index (Phi) is 6.30. The third-order valence-electron chi connectivity index (χ3n) is 3.59. The van der Waals surface area contributed by atoms with Crippen LogP contribution in [0.2, 0.25) is 0 Å². The van der Waals surface area contributed by atoms with Crippen LogP contribution < -0.4 is 5.73 Å². The molecule has 1 amide bonds. The van der Waals surface area contributed by atoms with Gasteiger partial charge in [-0.05, 0) is 18.8 Å². The minimum atomic E-state index is -2.60. The summed E-state index contributed by atoms with van der Waals surface area (Å²) in [6.07, 6.45) is 0.653. The lowest BCUT2D eigenvalue weighted by molar-refractivity contribution is -0.140. The van der Waals surface area contributed by atoms with E-state index in [1.165, 1.54) is 0 Å². The maximum absolute atomic E-state index is 13.1. The Morgan fingerprint density at radius 1 is 1.40 bits per heavy atom. The Morgan fingerprint density at radius 3 is 2.40 bits per heavy atom. The van der Waals surface area contributed by atoms with Crippen LogP contribution in [0.5, 0.6) is 0 Å². The number of rotatable bonds is 6. The molecule has 0 saturated heterocycles. The number of carbonyl (C=O) groups is 1. The molecule has 0 spiro atoms. The van der Waals surface area contributed by atoms with Crippen molar-refractivity contribution in [3.05, 3.63) is 0 Å². The highest BCUT2D eigenvalue weighted by Crippen LogP contribution is 2.36. The van der Waals surface area contributed by atoms with E-state index in [2.05, 4.69) is 0 Å². The molecule has 1 saturated carbocycles. The van der Waals surface area contributed by atoms with E-state index in [0.29, 0.717) is 30.4 Å². The molecule has 3 nitrogen and oxygen atoms in total. The Labute approximate surface area is 124 Å². The predicted octanol–water partition coefficient (Wildman–Crippen LogP) is 2.97. The van der Waals surface area contributed by atoms with E-state index in [1.807, 2.05) is 13.8 Å². The number of amides is 1. The topological polar surface area (TPSA) is 46.3 Å². The van der Waals surface area contributed by atoms with Gasteiger partial charge >= 0.3 is 0 Å². The van der Waals surface area contributed by atoms with Crippen molar-refractivity contribution in [1.29, 1.82) is 0 Å². The summed E-state index contributed by atoms with van der Waals surface area (Å²) in [4.78, 5) is 14.6. The van der Waals surface area contributed by atoms with Gasteiger partial charge in [0.15, 0.2) is 0 Å². The molecule has 0 aromatic rings. The summed E-state index contributed by atoms with van der Waals surface area (Å²) >= 11 is 4.84. The average molecular weight is 306 g/mol. The van der Waals surface area contributed by atoms with Gasteiger partial charge < -0.3 is 10.6 Å². The smallest absolute Gasteiger partial charge is 0.248 e. The summed E-state index contributed by atoms with van der Waals surface area (Å²) in [5.41, 5.74) is 5.48. The number of nitrogens with two attached hydrogens (primary N) is 1. The van der Waals surface area contributed by atoms with Crippen molar-refractivity contribution in [1.82, 2.24) is 4.90 Å². The number of thiocarbonyl (C=S) groups is 1. The number of hydrogen-bond donors (Lipinski definition) is 1. The van der Waals surface area contributed by atoms with Gasteiger partial charge in [-0.25, -0.2) is 8.78 Å². The van der Waals surface area contributed by atoms with E-state index in [1.54, 1.807) is 4.90 Å². The third-order valence-corrected chi connectivity index (χ3v) is 3.80. The monoisotopic (exact) mass is 306 g/mol. The maximum atomic E-state index is 13.1. The molecule has 116 valence electrons. The summed E-state index contributed by atoms with van der Waals surface area (Å²) in [6.45, 7) is 5.15. The van der Waals surface area contributed by atoms with Crippen LogP contribution in [0.25, 0.3) is 0 Å². The fraction of sp³-hybridized carbons (Fsp3) is 0.857. The standard InChI is InChI=1S/C14H24F2N2OS/c1-10(2)9-18(8-5-12(17)20)13(19)11-3-6-14(15,16)7-4-11/h10-11H,3-9H2,1-2H3,(H2,17,20). The van der Waals surface area contributed by atoms with E-state index in [4.69, 9.17) is 18.0 Å². The zero-order valence-corrected chi connectivity index (χ0v) is 13.0. The highest BCUT2D eigenvalue weighted by molar-refractivity contribution is 7.80. The van der Waals surface area contributed by atoms with E-state index < -0.39 is 5.92 Å². The van der Waals surface area contributed by atoms with Crippen molar-refractivity contribution in [2.45, 2.75) is 51.9 Å². The fourth-order valence-corrected chi connectivity index (χ4v) is 2.61. The molecular formula is C14H24F2N2OS. The van der Waals surface area contributed by atoms with Crippen LogP contribution >= 0.6 is 12.2 Å². The van der Waals surface area contributed by atoms with Crippen LogP contribution in [0.1, 0.15) is 46.0 Å². The molecule has 1 fully saturated rings. The summed E-state index contributed by atoms with van der Waals surface area (Å²) in [7, 11) is 0. The quantitative estimate of drug-likeness (QED) is 0.767. The van der Waals surface area contributed by atoms with Crippen LogP contribution in [-0.2, 0) is 4.79 Å². The molecule has 0 unspecified atom stereocenters. The lowest BCUT2D eigenvalue weighted by Crippen LogP contribution is -2.42. The van der Waals surface area contributed by atoms with Gasteiger partial charge in [0.05, 0.1) is 4.99 Å². The molecular weight excluding hydrogens is 282 g/mol. The highest BCUT2D eigenvalue weighted by atomic mass is 32.1. The zero-order chi connectivity index (χ0) is 15.3. The lowest BCUT2D eigenvalue weighted by Gasteiger charge is -2.33. The van der Waals surface area contributed by atoms with Crippen molar-refractivity contribution in [3.8, 4) is 0 Å². The van der Waals surface area contributed by atoms with Gasteiger partial charge in [0.25, 0.3) is 0 Å². The van der Waals surface area contributed by atoms with Crippen LogP contribution in [0.3, 0.4) is 0 Å². The van der Waals surface area contributed by atoms with Gasteiger partial charge in [0, 0.05) is 38.3 Å². The molecule has 0 radical (unpaired) electrons. The van der Waals surface area contributed by atoms with E-state index in [0.717, 1.165) is 0 Å². The maximum Gasteiger partial charge on any atom is 0.248 e. The van der Waals surface area contributed by atoms with Gasteiger partial charge in [0.2, 0.25) is 11.8 Å². The van der Waals surface area contributed by atoms with Gasteiger partial charge in [-0.15, -0.1) is 0 Å². The molecule has 0 atom stereocenters. The zero-order valence-electron chi connectivity index (χ0n) is 12.2. The lowest BCUT2D eigenvalue weighted by atomic mass is 9.85. The SMILES string of the molecule is CC(C)CN(CCC(N)=S)C(=O)C1CCC(F)(F)CC1. The van der Waals surface area contributed by atoms with Crippen LogP contribution in [0.4, 0.5) is 8.78 Å². The second-order valence-corrected chi connectivity index (χ2v) is 6.55. The first-order valence-electron chi connectivity index (χ1n) is 7.16. The summed E-state index contributed by atoms with van der Waals surface area (Å²) in [6, 6.07) is 0. The highest BCUT2D eigenvalue weighted by Gasteiger charge is 2.38. The van der Waals surface area contributed by atoms with E-state index >= 15 is 0 Å². The van der Waals surface area contributed by atoms with E-state index in [9.17, 15) is 13.6 Å². The van der Waals surface area contributed by atoms with E-state index in [-0.39, 0.29) is 37.5 Å². The minimum absolute atomic E-state index is 0.0227. The molecule has 6 heteroatoms. The number of halogens is 2. The first kappa shape index (κ1) is 17.3. The average Bonchev–Trinajstić information content (AvgIpc) is 2.33. The first-order chi connectivity index (χ1) is 9.21. The van der Waals surface area contributed by atoms with Gasteiger partial charge in [-0.3, -0.25) is 4.79 Å². The largest absolute Gasteiger partial charge is 0.393 e. The Morgan fingerprint density at radius 2 is 1.95 bits per heavy atom.